The van der Waals surface area contributed by atoms with Crippen LogP contribution in [0.2, 0.25) is 5.02 Å². The summed E-state index contributed by atoms with van der Waals surface area (Å²) in [4.78, 5) is 24.4. The van der Waals surface area contributed by atoms with Crippen molar-refractivity contribution in [2.75, 3.05) is 13.2 Å². The van der Waals surface area contributed by atoms with E-state index in [1.165, 1.54) is 10.3 Å². The van der Waals surface area contributed by atoms with Crippen LogP contribution in [0.15, 0.2) is 27.4 Å². The van der Waals surface area contributed by atoms with E-state index >= 15 is 0 Å². The summed E-state index contributed by atoms with van der Waals surface area (Å²) < 4.78 is 14.1. The number of rotatable bonds is 7. The lowest BCUT2D eigenvalue weighted by Crippen LogP contribution is -2.32. The molecule has 1 aromatic carbocycles. The van der Waals surface area contributed by atoms with E-state index in [4.69, 9.17) is 25.9 Å². The monoisotopic (exact) mass is 418 g/mol. The molecule has 3 heterocycles. The minimum absolute atomic E-state index is 0.112. The molecule has 8 nitrogen and oxygen atoms in total. The van der Waals surface area contributed by atoms with Gasteiger partial charge in [-0.05, 0) is 18.6 Å². The number of hydrogen-bond donors (Lipinski definition) is 1. The Kier molecular flexibility index (Phi) is 5.73. The zero-order chi connectivity index (χ0) is 20.4. The van der Waals surface area contributed by atoms with Crippen LogP contribution in [0.4, 0.5) is 0 Å². The van der Waals surface area contributed by atoms with E-state index in [0.717, 1.165) is 37.3 Å². The van der Waals surface area contributed by atoms with E-state index in [1.54, 1.807) is 18.2 Å². The van der Waals surface area contributed by atoms with Crippen molar-refractivity contribution in [1.82, 2.24) is 19.7 Å². The predicted molar refractivity (Wildman–Crippen MR) is 108 cm³/mol. The van der Waals surface area contributed by atoms with E-state index in [9.17, 15) is 9.59 Å². The van der Waals surface area contributed by atoms with E-state index in [-0.39, 0.29) is 12.5 Å². The van der Waals surface area contributed by atoms with E-state index in [0.29, 0.717) is 35.7 Å². The second kappa shape index (κ2) is 8.42. The molecule has 1 amide bonds. The molecule has 154 valence electrons. The van der Waals surface area contributed by atoms with Crippen molar-refractivity contribution in [3.8, 4) is 0 Å². The maximum atomic E-state index is 12.4. The van der Waals surface area contributed by atoms with Crippen LogP contribution in [0.25, 0.3) is 11.1 Å². The molecule has 0 bridgehead atoms. The maximum absolute atomic E-state index is 12.4. The van der Waals surface area contributed by atoms with Crippen LogP contribution in [0.5, 0.6) is 0 Å². The van der Waals surface area contributed by atoms with Gasteiger partial charge in [0.05, 0.1) is 24.4 Å². The minimum atomic E-state index is -0.582. The Morgan fingerprint density at radius 3 is 3.07 bits per heavy atom. The van der Waals surface area contributed by atoms with Crippen molar-refractivity contribution in [1.29, 1.82) is 0 Å². The van der Waals surface area contributed by atoms with Crippen LogP contribution in [0.1, 0.15) is 30.3 Å². The number of carbonyl (C=O) groups is 1. The fourth-order valence-electron chi connectivity index (χ4n) is 3.69. The van der Waals surface area contributed by atoms with Gasteiger partial charge in [0.1, 0.15) is 6.54 Å². The smallest absolute Gasteiger partial charge is 0.408 e. The first kappa shape index (κ1) is 19.7. The molecule has 1 N–H and O–H groups in total. The molecule has 0 aliphatic carbocycles. The quantitative estimate of drug-likeness (QED) is 0.635. The minimum Gasteiger partial charge on any atom is -0.408 e. The summed E-state index contributed by atoms with van der Waals surface area (Å²) in [5.74, 6) is -0.843. The average molecular weight is 419 g/mol. The number of nitrogens with one attached hydrogen (secondary N) is 1. The molecule has 0 spiro atoms. The van der Waals surface area contributed by atoms with Gasteiger partial charge in [-0.15, -0.1) is 0 Å². The Labute approximate surface area is 172 Å². The van der Waals surface area contributed by atoms with Crippen LogP contribution >= 0.6 is 11.6 Å². The molecule has 0 atom stereocenters. The number of fused-ring (bicyclic) bond motifs is 2. The molecular weight excluding hydrogens is 396 g/mol. The molecule has 0 fully saturated rings. The topological polar surface area (TPSA) is 91.3 Å². The lowest BCUT2D eigenvalue weighted by molar-refractivity contribution is -0.121. The fraction of sp³-hybridized carbons (Fsp3) is 0.450. The first-order chi connectivity index (χ1) is 14.1. The standard InChI is InChI=1S/C20H23ClN4O4/c1-2-8-25-16-6-9-28-12-14(16)15(23-25)5-7-22-19(26)11-24-17-4-3-13(21)10-18(17)29-20(24)27/h3-4,10H,2,5-9,11-12H2,1H3,(H,22,26). The second-order valence-corrected chi connectivity index (χ2v) is 7.50. The summed E-state index contributed by atoms with van der Waals surface area (Å²) in [6, 6.07) is 4.89. The number of carbonyl (C=O) groups excluding carboxylic acids is 1. The van der Waals surface area contributed by atoms with Crippen LogP contribution in [-0.4, -0.2) is 33.4 Å². The number of ether oxygens (including phenoxy) is 1. The van der Waals surface area contributed by atoms with Crippen LogP contribution in [0.3, 0.4) is 0 Å². The largest absolute Gasteiger partial charge is 0.420 e. The number of aromatic nitrogens is 3. The highest BCUT2D eigenvalue weighted by Gasteiger charge is 2.21. The third-order valence-electron chi connectivity index (χ3n) is 5.03. The van der Waals surface area contributed by atoms with Crippen molar-refractivity contribution >= 4 is 28.6 Å². The van der Waals surface area contributed by atoms with Crippen LogP contribution < -0.4 is 11.1 Å². The Balaban J connectivity index is 1.40. The van der Waals surface area contributed by atoms with E-state index < -0.39 is 5.76 Å². The highest BCUT2D eigenvalue weighted by atomic mass is 35.5. The Bertz CT molecular complexity index is 1100. The van der Waals surface area contributed by atoms with Crippen molar-refractivity contribution < 1.29 is 13.9 Å². The van der Waals surface area contributed by atoms with Crippen LogP contribution in [-0.2, 0) is 42.1 Å². The molecule has 0 unspecified atom stereocenters. The Morgan fingerprint density at radius 2 is 2.24 bits per heavy atom. The summed E-state index contributed by atoms with van der Waals surface area (Å²) in [5, 5.41) is 8.05. The SMILES string of the molecule is CCCn1nc(CCNC(=O)Cn2c(=O)oc3cc(Cl)ccc32)c2c1CCOC2. The van der Waals surface area contributed by atoms with Gasteiger partial charge in [0.2, 0.25) is 5.91 Å². The summed E-state index contributed by atoms with van der Waals surface area (Å²) in [7, 11) is 0. The van der Waals surface area contributed by atoms with Gasteiger partial charge in [-0.2, -0.15) is 5.10 Å². The van der Waals surface area contributed by atoms with Crippen molar-refractivity contribution in [2.45, 2.75) is 45.9 Å². The van der Waals surface area contributed by atoms with Gasteiger partial charge in [0, 0.05) is 48.3 Å². The highest BCUT2D eigenvalue weighted by molar-refractivity contribution is 6.31. The number of halogens is 1. The van der Waals surface area contributed by atoms with Gasteiger partial charge < -0.3 is 14.5 Å². The second-order valence-electron chi connectivity index (χ2n) is 7.06. The number of amides is 1. The first-order valence-electron chi connectivity index (χ1n) is 9.77. The molecule has 4 rings (SSSR count). The molecular formula is C20H23ClN4O4. The maximum Gasteiger partial charge on any atom is 0.420 e. The number of aryl methyl sites for hydroxylation is 1. The van der Waals surface area contributed by atoms with E-state index in [1.807, 2.05) is 0 Å². The Morgan fingerprint density at radius 1 is 1.38 bits per heavy atom. The molecule has 9 heteroatoms. The fourth-order valence-corrected chi connectivity index (χ4v) is 3.85. The first-order valence-corrected chi connectivity index (χ1v) is 10.2. The molecule has 1 aliphatic rings. The summed E-state index contributed by atoms with van der Waals surface area (Å²) >= 11 is 5.92. The van der Waals surface area contributed by atoms with Crippen molar-refractivity contribution in [2.24, 2.45) is 0 Å². The predicted octanol–water partition coefficient (Wildman–Crippen LogP) is 2.29. The van der Waals surface area contributed by atoms with Gasteiger partial charge in [0.15, 0.2) is 5.58 Å². The Hall–Kier alpha value is -2.58. The molecule has 0 radical (unpaired) electrons. The van der Waals surface area contributed by atoms with Gasteiger partial charge in [-0.1, -0.05) is 18.5 Å². The summed E-state index contributed by atoms with van der Waals surface area (Å²) in [6.45, 7) is 4.63. The number of nitrogens with zero attached hydrogens (tertiary/aromatic N) is 3. The van der Waals surface area contributed by atoms with E-state index in [2.05, 4.69) is 16.9 Å². The molecule has 0 saturated heterocycles. The number of benzene rings is 1. The lowest BCUT2D eigenvalue weighted by Gasteiger charge is -2.14. The van der Waals surface area contributed by atoms with Crippen LogP contribution in [0, 0.1) is 0 Å². The molecule has 1 aliphatic heterocycles. The normalized spacial score (nSPS) is 13.6. The average Bonchev–Trinajstić information content (AvgIpc) is 3.20. The number of hydrogen-bond acceptors (Lipinski definition) is 5. The van der Waals surface area contributed by atoms with Crippen molar-refractivity contribution in [3.63, 3.8) is 0 Å². The lowest BCUT2D eigenvalue weighted by atomic mass is 10.1. The van der Waals surface area contributed by atoms with Gasteiger partial charge in [-0.25, -0.2) is 4.79 Å². The molecule has 29 heavy (non-hydrogen) atoms. The third-order valence-corrected chi connectivity index (χ3v) is 5.27. The molecule has 2 aromatic heterocycles. The number of oxazole rings is 1. The van der Waals surface area contributed by atoms with Gasteiger partial charge in [-0.3, -0.25) is 14.0 Å². The third kappa shape index (κ3) is 4.09. The zero-order valence-electron chi connectivity index (χ0n) is 16.2. The van der Waals surface area contributed by atoms with Crippen molar-refractivity contribution in [3.05, 3.63) is 50.7 Å². The summed E-state index contributed by atoms with van der Waals surface area (Å²) in [6.07, 6.45) is 2.50. The highest BCUT2D eigenvalue weighted by Crippen LogP contribution is 2.22. The van der Waals surface area contributed by atoms with Gasteiger partial charge >= 0.3 is 5.76 Å². The summed E-state index contributed by atoms with van der Waals surface area (Å²) in [5.41, 5.74) is 4.26. The molecule has 3 aromatic rings. The van der Waals surface area contributed by atoms with Gasteiger partial charge in [0.25, 0.3) is 0 Å². The molecule has 0 saturated carbocycles. The zero-order valence-corrected chi connectivity index (χ0v) is 17.0.